The van der Waals surface area contributed by atoms with Crippen molar-refractivity contribution in [1.29, 1.82) is 0 Å². The van der Waals surface area contributed by atoms with Crippen LogP contribution in [0.1, 0.15) is 16.2 Å². The molecule has 0 fully saturated rings. The number of aromatic carboxylic acids is 1. The van der Waals surface area contributed by atoms with Crippen LogP contribution in [0.25, 0.3) is 22.1 Å². The maximum atomic E-state index is 10.9. The van der Waals surface area contributed by atoms with E-state index in [2.05, 4.69) is 15.3 Å². The Kier molecular flexibility index (Phi) is 3.16. The fourth-order valence-corrected chi connectivity index (χ4v) is 2.62. The van der Waals surface area contributed by atoms with Gasteiger partial charge in [-0.15, -0.1) is 0 Å². The standard InChI is InChI=1S/C18H13N3O3/c1-10-19-15-13-4-2-3-5-14(13)24-16(15)17(20-10)21-12-8-6-11(7-9-12)18(22)23/h2-9H,1H3,(H,22,23)(H,19,20,21). The maximum absolute atomic E-state index is 10.9. The highest BCUT2D eigenvalue weighted by Gasteiger charge is 2.14. The van der Waals surface area contributed by atoms with Crippen LogP contribution in [0, 0.1) is 6.92 Å². The quantitative estimate of drug-likeness (QED) is 0.590. The Bertz CT molecular complexity index is 1070. The minimum absolute atomic E-state index is 0.230. The second kappa shape index (κ2) is 5.34. The zero-order valence-electron chi connectivity index (χ0n) is 12.8. The molecular formula is C18H13N3O3. The number of fused-ring (bicyclic) bond motifs is 3. The van der Waals surface area contributed by atoms with Crippen molar-refractivity contribution in [3.63, 3.8) is 0 Å². The number of carboxylic acids is 1. The highest BCUT2D eigenvalue weighted by Crippen LogP contribution is 2.32. The third kappa shape index (κ3) is 2.34. The van der Waals surface area contributed by atoms with E-state index in [0.29, 0.717) is 17.2 Å². The molecule has 4 rings (SSSR count). The zero-order chi connectivity index (χ0) is 16.7. The van der Waals surface area contributed by atoms with Gasteiger partial charge in [0.05, 0.1) is 5.56 Å². The first-order valence-electron chi connectivity index (χ1n) is 7.38. The molecule has 24 heavy (non-hydrogen) atoms. The Hall–Kier alpha value is -3.41. The molecule has 6 nitrogen and oxygen atoms in total. The fourth-order valence-electron chi connectivity index (χ4n) is 2.62. The molecule has 0 bridgehead atoms. The lowest BCUT2D eigenvalue weighted by Crippen LogP contribution is -1.99. The summed E-state index contributed by atoms with van der Waals surface area (Å²) in [5.74, 6) is 0.217. The van der Waals surface area contributed by atoms with Gasteiger partial charge in [-0.25, -0.2) is 14.8 Å². The number of anilines is 2. The van der Waals surface area contributed by atoms with Crippen LogP contribution in [-0.4, -0.2) is 21.0 Å². The summed E-state index contributed by atoms with van der Waals surface area (Å²) in [6.45, 7) is 1.82. The summed E-state index contributed by atoms with van der Waals surface area (Å²) in [6, 6.07) is 14.1. The number of aromatic nitrogens is 2. The average molecular weight is 319 g/mol. The van der Waals surface area contributed by atoms with Gasteiger partial charge >= 0.3 is 5.97 Å². The maximum Gasteiger partial charge on any atom is 0.335 e. The molecule has 2 heterocycles. The Balaban J connectivity index is 1.82. The van der Waals surface area contributed by atoms with Gasteiger partial charge in [-0.3, -0.25) is 0 Å². The molecule has 0 saturated carbocycles. The van der Waals surface area contributed by atoms with Crippen molar-refractivity contribution < 1.29 is 14.3 Å². The first-order chi connectivity index (χ1) is 11.6. The van der Waals surface area contributed by atoms with Crippen LogP contribution in [0.4, 0.5) is 11.5 Å². The molecule has 2 aromatic heterocycles. The van der Waals surface area contributed by atoms with Crippen molar-refractivity contribution in [3.05, 3.63) is 59.9 Å². The van der Waals surface area contributed by atoms with E-state index in [0.717, 1.165) is 22.2 Å². The minimum Gasteiger partial charge on any atom is -0.478 e. The van der Waals surface area contributed by atoms with E-state index in [9.17, 15) is 4.79 Å². The van der Waals surface area contributed by atoms with Gasteiger partial charge < -0.3 is 14.8 Å². The van der Waals surface area contributed by atoms with E-state index in [4.69, 9.17) is 9.52 Å². The van der Waals surface area contributed by atoms with Crippen molar-refractivity contribution in [3.8, 4) is 0 Å². The summed E-state index contributed by atoms with van der Waals surface area (Å²) in [5, 5.41) is 13.1. The van der Waals surface area contributed by atoms with Gasteiger partial charge in [0.1, 0.15) is 16.9 Å². The molecular weight excluding hydrogens is 306 g/mol. The van der Waals surface area contributed by atoms with Gasteiger partial charge in [0, 0.05) is 11.1 Å². The van der Waals surface area contributed by atoms with Gasteiger partial charge in [0.15, 0.2) is 11.4 Å². The Labute approximate surface area is 136 Å². The molecule has 118 valence electrons. The highest BCUT2D eigenvalue weighted by atomic mass is 16.4. The molecule has 2 N–H and O–H groups in total. The topological polar surface area (TPSA) is 88.2 Å². The third-order valence-corrected chi connectivity index (χ3v) is 3.73. The summed E-state index contributed by atoms with van der Waals surface area (Å²) < 4.78 is 5.89. The van der Waals surface area contributed by atoms with Gasteiger partial charge in [-0.2, -0.15) is 0 Å². The molecule has 0 amide bonds. The molecule has 0 aliphatic carbocycles. The molecule has 0 spiro atoms. The van der Waals surface area contributed by atoms with Gasteiger partial charge in [0.25, 0.3) is 0 Å². The van der Waals surface area contributed by atoms with E-state index in [1.54, 1.807) is 12.1 Å². The van der Waals surface area contributed by atoms with Crippen LogP contribution in [0.15, 0.2) is 52.9 Å². The predicted octanol–water partition coefficient (Wildman–Crippen LogP) is 4.13. The first-order valence-corrected chi connectivity index (χ1v) is 7.38. The number of carboxylic acid groups (broad SMARTS) is 1. The summed E-state index contributed by atoms with van der Waals surface area (Å²) in [4.78, 5) is 19.8. The summed E-state index contributed by atoms with van der Waals surface area (Å²) in [5.41, 5.74) is 3.02. The van der Waals surface area contributed by atoms with E-state index in [-0.39, 0.29) is 5.56 Å². The Morgan fingerprint density at radius 2 is 1.83 bits per heavy atom. The number of para-hydroxylation sites is 1. The lowest BCUT2D eigenvalue weighted by atomic mass is 10.2. The molecule has 0 atom stereocenters. The van der Waals surface area contributed by atoms with Crippen LogP contribution in [0.3, 0.4) is 0 Å². The van der Waals surface area contributed by atoms with Gasteiger partial charge in [-0.05, 0) is 43.3 Å². The molecule has 4 aromatic rings. The molecule has 0 aliphatic rings. The highest BCUT2D eigenvalue weighted by molar-refractivity contribution is 6.06. The zero-order valence-corrected chi connectivity index (χ0v) is 12.8. The average Bonchev–Trinajstić information content (AvgIpc) is 2.94. The van der Waals surface area contributed by atoms with E-state index in [1.165, 1.54) is 12.1 Å². The molecule has 0 saturated heterocycles. The Morgan fingerprint density at radius 3 is 2.58 bits per heavy atom. The van der Waals surface area contributed by atoms with E-state index in [1.807, 2.05) is 31.2 Å². The molecule has 0 radical (unpaired) electrons. The van der Waals surface area contributed by atoms with E-state index >= 15 is 0 Å². The second-order valence-electron chi connectivity index (χ2n) is 5.40. The molecule has 2 aromatic carbocycles. The van der Waals surface area contributed by atoms with Crippen molar-refractivity contribution in [2.24, 2.45) is 0 Å². The number of carbonyl (C=O) groups is 1. The number of benzene rings is 2. The van der Waals surface area contributed by atoms with Crippen LogP contribution in [-0.2, 0) is 0 Å². The van der Waals surface area contributed by atoms with Crippen molar-refractivity contribution in [2.75, 3.05) is 5.32 Å². The number of nitrogens with one attached hydrogen (secondary N) is 1. The van der Waals surface area contributed by atoms with Crippen molar-refractivity contribution in [1.82, 2.24) is 9.97 Å². The van der Waals surface area contributed by atoms with Crippen molar-refractivity contribution >= 4 is 39.5 Å². The third-order valence-electron chi connectivity index (χ3n) is 3.73. The minimum atomic E-state index is -0.959. The van der Waals surface area contributed by atoms with Gasteiger partial charge in [-0.1, -0.05) is 12.1 Å². The molecule has 6 heteroatoms. The van der Waals surface area contributed by atoms with Crippen LogP contribution < -0.4 is 5.32 Å². The number of furan rings is 1. The summed E-state index contributed by atoms with van der Waals surface area (Å²) >= 11 is 0. The monoisotopic (exact) mass is 319 g/mol. The smallest absolute Gasteiger partial charge is 0.335 e. The SMILES string of the molecule is Cc1nc(Nc2ccc(C(=O)O)cc2)c2oc3ccccc3c2n1. The lowest BCUT2D eigenvalue weighted by Gasteiger charge is -2.07. The summed E-state index contributed by atoms with van der Waals surface area (Å²) in [6.07, 6.45) is 0. The van der Waals surface area contributed by atoms with Crippen LogP contribution in [0.5, 0.6) is 0 Å². The predicted molar refractivity (Wildman–Crippen MR) is 90.7 cm³/mol. The van der Waals surface area contributed by atoms with Crippen LogP contribution in [0.2, 0.25) is 0 Å². The van der Waals surface area contributed by atoms with Crippen LogP contribution >= 0.6 is 0 Å². The number of rotatable bonds is 3. The Morgan fingerprint density at radius 1 is 1.08 bits per heavy atom. The number of nitrogens with zero attached hydrogens (tertiary/aromatic N) is 2. The lowest BCUT2D eigenvalue weighted by molar-refractivity contribution is 0.0697. The van der Waals surface area contributed by atoms with Gasteiger partial charge in [0.2, 0.25) is 0 Å². The molecule has 0 unspecified atom stereocenters. The molecule has 0 aliphatic heterocycles. The number of hydrogen-bond acceptors (Lipinski definition) is 5. The summed E-state index contributed by atoms with van der Waals surface area (Å²) in [7, 11) is 0. The second-order valence-corrected chi connectivity index (χ2v) is 5.40. The largest absolute Gasteiger partial charge is 0.478 e. The van der Waals surface area contributed by atoms with E-state index < -0.39 is 5.97 Å². The number of hydrogen-bond donors (Lipinski definition) is 2. The normalized spacial score (nSPS) is 11.0. The first kappa shape index (κ1) is 14.2. The number of aryl methyl sites for hydroxylation is 1. The fraction of sp³-hybridized carbons (Fsp3) is 0.0556. The van der Waals surface area contributed by atoms with Crippen molar-refractivity contribution in [2.45, 2.75) is 6.92 Å².